The Labute approximate surface area is 88.9 Å². The summed E-state index contributed by atoms with van der Waals surface area (Å²) in [4.78, 5) is 15.5. The van der Waals surface area contributed by atoms with E-state index < -0.39 is 5.54 Å². The first-order chi connectivity index (χ1) is 7.13. The third-order valence-corrected chi connectivity index (χ3v) is 2.80. The van der Waals surface area contributed by atoms with Gasteiger partial charge in [-0.1, -0.05) is 6.07 Å². The summed E-state index contributed by atoms with van der Waals surface area (Å²) in [6.45, 7) is 1.81. The molecule has 0 aromatic carbocycles. The quantitative estimate of drug-likeness (QED) is 0.753. The number of carbonyl (C=O) groups excluding carboxylic acids is 1. The fraction of sp³-hybridized carbons (Fsp3) is 0.455. The minimum Gasteiger partial charge on any atom is -0.368 e. The Bertz CT molecular complexity index is 361. The Morgan fingerprint density at radius 3 is 2.87 bits per heavy atom. The number of rotatable bonds is 4. The van der Waals surface area contributed by atoms with Crippen molar-refractivity contribution in [2.75, 3.05) is 0 Å². The monoisotopic (exact) mass is 205 g/mol. The molecule has 0 bridgehead atoms. The van der Waals surface area contributed by atoms with Crippen LogP contribution in [0.1, 0.15) is 25.3 Å². The zero-order valence-corrected chi connectivity index (χ0v) is 8.73. The number of carbonyl (C=O) groups is 1. The lowest BCUT2D eigenvalue weighted by molar-refractivity contribution is -0.124. The maximum absolute atomic E-state index is 11.5. The third-order valence-electron chi connectivity index (χ3n) is 2.80. The molecule has 1 aromatic rings. The van der Waals surface area contributed by atoms with E-state index in [-0.39, 0.29) is 5.91 Å². The molecule has 1 unspecified atom stereocenters. The molecule has 80 valence electrons. The van der Waals surface area contributed by atoms with E-state index >= 15 is 0 Å². The topological polar surface area (TPSA) is 68.0 Å². The van der Waals surface area contributed by atoms with Gasteiger partial charge in [0.25, 0.3) is 0 Å². The van der Waals surface area contributed by atoms with Crippen molar-refractivity contribution in [3.8, 4) is 0 Å². The molecule has 1 aromatic heterocycles. The van der Waals surface area contributed by atoms with Gasteiger partial charge < -0.3 is 5.73 Å². The van der Waals surface area contributed by atoms with Crippen molar-refractivity contribution in [1.29, 1.82) is 0 Å². The van der Waals surface area contributed by atoms with Crippen molar-refractivity contribution in [3.63, 3.8) is 0 Å². The number of amides is 1. The molecule has 4 nitrogen and oxygen atoms in total. The molecule has 3 N–H and O–H groups in total. The van der Waals surface area contributed by atoms with Crippen LogP contribution in [0.25, 0.3) is 0 Å². The van der Waals surface area contributed by atoms with E-state index in [1.807, 2.05) is 19.1 Å². The van der Waals surface area contributed by atoms with Crippen LogP contribution in [0.3, 0.4) is 0 Å². The highest BCUT2D eigenvalue weighted by Crippen LogP contribution is 2.27. The molecular weight excluding hydrogens is 190 g/mol. The molecule has 1 aliphatic rings. The highest BCUT2D eigenvalue weighted by atomic mass is 16.1. The molecule has 0 spiro atoms. The highest BCUT2D eigenvalue weighted by molar-refractivity contribution is 5.85. The summed E-state index contributed by atoms with van der Waals surface area (Å²) in [5.74, 6) is -0.359. The van der Waals surface area contributed by atoms with E-state index in [2.05, 4.69) is 10.3 Å². The molecule has 1 fully saturated rings. The van der Waals surface area contributed by atoms with Gasteiger partial charge in [0, 0.05) is 18.4 Å². The summed E-state index contributed by atoms with van der Waals surface area (Å²) >= 11 is 0. The second kappa shape index (κ2) is 3.62. The number of pyridine rings is 1. The van der Waals surface area contributed by atoms with Gasteiger partial charge in [0.2, 0.25) is 5.91 Å². The molecule has 4 heteroatoms. The van der Waals surface area contributed by atoms with E-state index in [4.69, 9.17) is 5.73 Å². The van der Waals surface area contributed by atoms with Crippen LogP contribution in [0, 0.1) is 0 Å². The predicted molar refractivity (Wildman–Crippen MR) is 56.9 cm³/mol. The fourth-order valence-electron chi connectivity index (χ4n) is 1.59. The van der Waals surface area contributed by atoms with Crippen LogP contribution in [0.5, 0.6) is 0 Å². The standard InChI is InChI=1S/C11H15N3O/c1-11(10(12)15,14-9-4-5-9)8-3-2-6-13-7-8/h2-3,6-7,9,14H,4-5H2,1H3,(H2,12,15). The average Bonchev–Trinajstić information content (AvgIpc) is 3.02. The second-order valence-corrected chi connectivity index (χ2v) is 4.15. The smallest absolute Gasteiger partial charge is 0.242 e. The molecule has 2 rings (SSSR count). The fourth-order valence-corrected chi connectivity index (χ4v) is 1.59. The number of hydrogen-bond acceptors (Lipinski definition) is 3. The summed E-state index contributed by atoms with van der Waals surface area (Å²) in [6, 6.07) is 4.10. The summed E-state index contributed by atoms with van der Waals surface area (Å²) in [6.07, 6.45) is 5.59. The Morgan fingerprint density at radius 1 is 1.67 bits per heavy atom. The van der Waals surface area contributed by atoms with Crippen LogP contribution in [0.2, 0.25) is 0 Å². The number of nitrogens with one attached hydrogen (secondary N) is 1. The number of aromatic nitrogens is 1. The van der Waals surface area contributed by atoms with Crippen molar-refractivity contribution in [3.05, 3.63) is 30.1 Å². The van der Waals surface area contributed by atoms with Crippen LogP contribution >= 0.6 is 0 Å². The van der Waals surface area contributed by atoms with Crippen molar-refractivity contribution in [2.24, 2.45) is 5.73 Å². The van der Waals surface area contributed by atoms with E-state index in [1.54, 1.807) is 12.4 Å². The van der Waals surface area contributed by atoms with Crippen LogP contribution in [-0.4, -0.2) is 16.9 Å². The van der Waals surface area contributed by atoms with Gasteiger partial charge in [-0.3, -0.25) is 15.1 Å². The summed E-state index contributed by atoms with van der Waals surface area (Å²) in [7, 11) is 0. The number of primary amides is 1. The average molecular weight is 205 g/mol. The summed E-state index contributed by atoms with van der Waals surface area (Å²) in [5.41, 5.74) is 5.48. The Morgan fingerprint density at radius 2 is 2.40 bits per heavy atom. The van der Waals surface area contributed by atoms with Crippen molar-refractivity contribution >= 4 is 5.91 Å². The van der Waals surface area contributed by atoms with Crippen molar-refractivity contribution < 1.29 is 4.79 Å². The van der Waals surface area contributed by atoms with Gasteiger partial charge in [-0.2, -0.15) is 0 Å². The third kappa shape index (κ3) is 1.99. The molecule has 1 atom stereocenters. The Hall–Kier alpha value is -1.42. The van der Waals surface area contributed by atoms with E-state index in [0.717, 1.165) is 18.4 Å². The summed E-state index contributed by atoms with van der Waals surface area (Å²) < 4.78 is 0. The van der Waals surface area contributed by atoms with Gasteiger partial charge in [-0.25, -0.2) is 0 Å². The zero-order chi connectivity index (χ0) is 10.9. The lowest BCUT2D eigenvalue weighted by Gasteiger charge is -2.27. The molecule has 1 saturated carbocycles. The normalized spacial score (nSPS) is 19.5. The van der Waals surface area contributed by atoms with Crippen molar-refractivity contribution in [2.45, 2.75) is 31.3 Å². The number of hydrogen-bond donors (Lipinski definition) is 2. The van der Waals surface area contributed by atoms with Crippen LogP contribution in [0.15, 0.2) is 24.5 Å². The van der Waals surface area contributed by atoms with Crippen LogP contribution in [0.4, 0.5) is 0 Å². The first kappa shape index (κ1) is 10.1. The maximum Gasteiger partial charge on any atom is 0.242 e. The van der Waals surface area contributed by atoms with Crippen molar-refractivity contribution in [1.82, 2.24) is 10.3 Å². The first-order valence-corrected chi connectivity index (χ1v) is 5.11. The number of nitrogens with zero attached hydrogens (tertiary/aromatic N) is 1. The molecule has 1 amide bonds. The first-order valence-electron chi connectivity index (χ1n) is 5.11. The minimum atomic E-state index is -0.796. The van der Waals surface area contributed by atoms with Gasteiger partial charge in [0.15, 0.2) is 0 Å². The predicted octanol–water partition coefficient (Wildman–Crippen LogP) is 0.534. The zero-order valence-electron chi connectivity index (χ0n) is 8.73. The van der Waals surface area contributed by atoms with Crippen LogP contribution in [-0.2, 0) is 10.3 Å². The molecule has 0 radical (unpaired) electrons. The molecular formula is C11H15N3O. The second-order valence-electron chi connectivity index (χ2n) is 4.15. The Kier molecular flexibility index (Phi) is 2.44. The number of nitrogens with two attached hydrogens (primary N) is 1. The molecule has 1 heterocycles. The Balaban J connectivity index is 2.28. The van der Waals surface area contributed by atoms with Gasteiger partial charge in [0.1, 0.15) is 5.54 Å². The summed E-state index contributed by atoms with van der Waals surface area (Å²) in [5, 5.41) is 3.27. The lowest BCUT2D eigenvalue weighted by atomic mass is 9.92. The van der Waals surface area contributed by atoms with Crippen LogP contribution < -0.4 is 11.1 Å². The van der Waals surface area contributed by atoms with Gasteiger partial charge >= 0.3 is 0 Å². The van der Waals surface area contributed by atoms with Gasteiger partial charge in [0.05, 0.1) is 0 Å². The van der Waals surface area contributed by atoms with Gasteiger partial charge in [-0.15, -0.1) is 0 Å². The van der Waals surface area contributed by atoms with Gasteiger partial charge in [-0.05, 0) is 31.4 Å². The molecule has 15 heavy (non-hydrogen) atoms. The molecule has 0 aliphatic heterocycles. The van der Waals surface area contributed by atoms with E-state index in [1.165, 1.54) is 0 Å². The molecule has 0 saturated heterocycles. The SMILES string of the molecule is CC(NC1CC1)(C(N)=O)c1cccnc1. The largest absolute Gasteiger partial charge is 0.368 e. The lowest BCUT2D eigenvalue weighted by Crippen LogP contribution is -2.51. The highest BCUT2D eigenvalue weighted by Gasteiger charge is 2.38. The minimum absolute atomic E-state index is 0.359. The molecule has 1 aliphatic carbocycles. The van der Waals surface area contributed by atoms with E-state index in [0.29, 0.717) is 6.04 Å². The van der Waals surface area contributed by atoms with E-state index in [9.17, 15) is 4.79 Å². The maximum atomic E-state index is 11.5.